The van der Waals surface area contributed by atoms with Crippen molar-refractivity contribution in [2.75, 3.05) is 18.0 Å². The second kappa shape index (κ2) is 5.28. The SMILES string of the molecule is Clc1nc(-c2ccccc2)cc(N2CC3CCC(C2)O3)n1. The monoisotopic (exact) mass is 301 g/mol. The van der Waals surface area contributed by atoms with Crippen molar-refractivity contribution >= 4 is 17.4 Å². The van der Waals surface area contributed by atoms with E-state index >= 15 is 0 Å². The minimum Gasteiger partial charge on any atom is -0.371 e. The molecule has 4 rings (SSSR count). The van der Waals surface area contributed by atoms with Gasteiger partial charge in [-0.25, -0.2) is 9.97 Å². The average Bonchev–Trinajstić information content (AvgIpc) is 2.86. The molecule has 2 unspecified atom stereocenters. The molecule has 2 aromatic rings. The van der Waals surface area contributed by atoms with Gasteiger partial charge in [-0.1, -0.05) is 30.3 Å². The van der Waals surface area contributed by atoms with Crippen LogP contribution in [0.3, 0.4) is 0 Å². The number of anilines is 1. The van der Waals surface area contributed by atoms with Crippen molar-refractivity contribution in [1.82, 2.24) is 9.97 Å². The van der Waals surface area contributed by atoms with Gasteiger partial charge in [-0.2, -0.15) is 0 Å². The van der Waals surface area contributed by atoms with E-state index in [4.69, 9.17) is 16.3 Å². The normalized spacial score (nSPS) is 24.3. The van der Waals surface area contributed by atoms with Crippen LogP contribution in [0, 0.1) is 0 Å². The number of halogens is 1. The highest BCUT2D eigenvalue weighted by atomic mass is 35.5. The molecule has 2 bridgehead atoms. The lowest BCUT2D eigenvalue weighted by Gasteiger charge is -2.33. The van der Waals surface area contributed by atoms with Gasteiger partial charge in [0.15, 0.2) is 0 Å². The second-order valence-corrected chi connectivity index (χ2v) is 5.95. The molecule has 0 amide bonds. The zero-order chi connectivity index (χ0) is 14.2. The molecule has 2 saturated heterocycles. The highest BCUT2D eigenvalue weighted by Gasteiger charge is 2.34. The zero-order valence-electron chi connectivity index (χ0n) is 11.6. The van der Waals surface area contributed by atoms with Gasteiger partial charge in [-0.05, 0) is 24.4 Å². The molecule has 0 N–H and O–H groups in total. The Morgan fingerprint density at radius 1 is 1.05 bits per heavy atom. The summed E-state index contributed by atoms with van der Waals surface area (Å²) in [6.07, 6.45) is 2.95. The lowest BCUT2D eigenvalue weighted by atomic mass is 10.1. The van der Waals surface area contributed by atoms with Gasteiger partial charge in [0.1, 0.15) is 5.82 Å². The average molecular weight is 302 g/mol. The van der Waals surface area contributed by atoms with Crippen LogP contribution in [0.15, 0.2) is 36.4 Å². The first kappa shape index (κ1) is 13.0. The van der Waals surface area contributed by atoms with E-state index in [0.717, 1.165) is 43.0 Å². The summed E-state index contributed by atoms with van der Waals surface area (Å²) in [5.74, 6) is 0.897. The highest BCUT2D eigenvalue weighted by Crippen LogP contribution is 2.30. The summed E-state index contributed by atoms with van der Waals surface area (Å²) >= 11 is 6.13. The fraction of sp³-hybridized carbons (Fsp3) is 0.375. The van der Waals surface area contributed by atoms with Crippen LogP contribution in [0.2, 0.25) is 5.28 Å². The third-order valence-electron chi connectivity index (χ3n) is 4.12. The molecule has 2 aliphatic heterocycles. The Morgan fingerprint density at radius 2 is 1.76 bits per heavy atom. The van der Waals surface area contributed by atoms with Crippen molar-refractivity contribution in [1.29, 1.82) is 0 Å². The van der Waals surface area contributed by atoms with E-state index in [1.807, 2.05) is 36.4 Å². The topological polar surface area (TPSA) is 38.2 Å². The maximum Gasteiger partial charge on any atom is 0.224 e. The van der Waals surface area contributed by atoms with Crippen LogP contribution in [-0.2, 0) is 4.74 Å². The van der Waals surface area contributed by atoms with E-state index in [1.165, 1.54) is 0 Å². The molecule has 5 heteroatoms. The van der Waals surface area contributed by atoms with Crippen molar-refractivity contribution in [3.63, 3.8) is 0 Å². The van der Waals surface area contributed by atoms with Crippen LogP contribution < -0.4 is 4.90 Å². The molecular formula is C16H16ClN3O. The molecule has 3 heterocycles. The number of fused-ring (bicyclic) bond motifs is 2. The summed E-state index contributed by atoms with van der Waals surface area (Å²) in [5, 5.41) is 0.296. The molecular weight excluding hydrogens is 286 g/mol. The minimum absolute atomic E-state index is 0.296. The van der Waals surface area contributed by atoms with E-state index in [1.54, 1.807) is 0 Å². The van der Waals surface area contributed by atoms with Gasteiger partial charge >= 0.3 is 0 Å². The number of nitrogens with zero attached hydrogens (tertiary/aromatic N) is 3. The molecule has 2 aliphatic rings. The van der Waals surface area contributed by atoms with E-state index in [-0.39, 0.29) is 0 Å². The number of benzene rings is 1. The third kappa shape index (κ3) is 2.61. The Balaban J connectivity index is 1.68. The fourth-order valence-electron chi connectivity index (χ4n) is 3.13. The van der Waals surface area contributed by atoms with Crippen molar-refractivity contribution < 1.29 is 4.74 Å². The highest BCUT2D eigenvalue weighted by molar-refractivity contribution is 6.28. The lowest BCUT2D eigenvalue weighted by molar-refractivity contribution is 0.0302. The summed E-state index contributed by atoms with van der Waals surface area (Å²) in [5.41, 5.74) is 1.92. The van der Waals surface area contributed by atoms with E-state index < -0.39 is 0 Å². The first-order valence-corrected chi connectivity index (χ1v) is 7.66. The minimum atomic E-state index is 0.296. The molecule has 0 saturated carbocycles. The standard InChI is InChI=1S/C16H16ClN3O/c17-16-18-14(11-4-2-1-3-5-11)8-15(19-16)20-9-12-6-7-13(10-20)21-12/h1-5,8,12-13H,6-7,9-10H2. The smallest absolute Gasteiger partial charge is 0.224 e. The lowest BCUT2D eigenvalue weighted by Crippen LogP contribution is -2.43. The van der Waals surface area contributed by atoms with E-state index in [0.29, 0.717) is 17.5 Å². The first-order chi connectivity index (χ1) is 10.3. The van der Waals surface area contributed by atoms with Gasteiger partial charge in [0, 0.05) is 24.7 Å². The number of ether oxygens (including phenoxy) is 1. The van der Waals surface area contributed by atoms with Crippen molar-refractivity contribution in [2.45, 2.75) is 25.0 Å². The number of morpholine rings is 1. The number of hydrogen-bond acceptors (Lipinski definition) is 4. The quantitative estimate of drug-likeness (QED) is 0.799. The Labute approximate surface area is 128 Å². The van der Waals surface area contributed by atoms with Gasteiger partial charge in [-0.3, -0.25) is 0 Å². The molecule has 0 radical (unpaired) electrons. The van der Waals surface area contributed by atoms with Crippen molar-refractivity contribution in [3.05, 3.63) is 41.7 Å². The maximum absolute atomic E-state index is 6.13. The Hall–Kier alpha value is -1.65. The van der Waals surface area contributed by atoms with Gasteiger partial charge in [0.2, 0.25) is 5.28 Å². The number of hydrogen-bond donors (Lipinski definition) is 0. The van der Waals surface area contributed by atoms with Crippen LogP contribution in [0.25, 0.3) is 11.3 Å². The molecule has 2 atom stereocenters. The van der Waals surface area contributed by atoms with Gasteiger partial charge in [0.05, 0.1) is 17.9 Å². The largest absolute Gasteiger partial charge is 0.371 e. The second-order valence-electron chi connectivity index (χ2n) is 5.61. The Bertz CT molecular complexity index is 637. The van der Waals surface area contributed by atoms with E-state index in [2.05, 4.69) is 14.9 Å². The fourth-order valence-corrected chi connectivity index (χ4v) is 3.30. The van der Waals surface area contributed by atoms with E-state index in [9.17, 15) is 0 Å². The Kier molecular flexibility index (Phi) is 3.28. The summed E-state index contributed by atoms with van der Waals surface area (Å²) in [4.78, 5) is 11.0. The van der Waals surface area contributed by atoms with Crippen LogP contribution in [0.5, 0.6) is 0 Å². The summed E-state index contributed by atoms with van der Waals surface area (Å²) in [6, 6.07) is 12.1. The summed E-state index contributed by atoms with van der Waals surface area (Å²) in [7, 11) is 0. The van der Waals surface area contributed by atoms with Crippen LogP contribution in [0.4, 0.5) is 5.82 Å². The van der Waals surface area contributed by atoms with Crippen molar-refractivity contribution in [3.8, 4) is 11.3 Å². The van der Waals surface area contributed by atoms with Crippen LogP contribution in [0.1, 0.15) is 12.8 Å². The van der Waals surface area contributed by atoms with Gasteiger partial charge in [-0.15, -0.1) is 0 Å². The van der Waals surface area contributed by atoms with Crippen LogP contribution in [-0.4, -0.2) is 35.3 Å². The molecule has 4 nitrogen and oxygen atoms in total. The van der Waals surface area contributed by atoms with Crippen LogP contribution >= 0.6 is 11.6 Å². The Morgan fingerprint density at radius 3 is 2.48 bits per heavy atom. The summed E-state index contributed by atoms with van der Waals surface area (Å²) < 4.78 is 5.88. The third-order valence-corrected chi connectivity index (χ3v) is 4.29. The zero-order valence-corrected chi connectivity index (χ0v) is 12.3. The molecule has 21 heavy (non-hydrogen) atoms. The number of rotatable bonds is 2. The number of aromatic nitrogens is 2. The van der Waals surface area contributed by atoms with Gasteiger partial charge < -0.3 is 9.64 Å². The predicted molar refractivity (Wildman–Crippen MR) is 82.6 cm³/mol. The molecule has 0 aliphatic carbocycles. The molecule has 1 aromatic carbocycles. The van der Waals surface area contributed by atoms with Gasteiger partial charge in [0.25, 0.3) is 0 Å². The molecule has 0 spiro atoms. The van der Waals surface area contributed by atoms with Crippen molar-refractivity contribution in [2.24, 2.45) is 0 Å². The molecule has 1 aromatic heterocycles. The molecule has 108 valence electrons. The first-order valence-electron chi connectivity index (χ1n) is 7.28. The maximum atomic E-state index is 6.13. The summed E-state index contributed by atoms with van der Waals surface area (Å²) in [6.45, 7) is 1.77. The predicted octanol–water partition coefficient (Wildman–Crippen LogP) is 3.16. The molecule has 2 fully saturated rings.